The summed E-state index contributed by atoms with van der Waals surface area (Å²) in [5, 5.41) is 9.31. The van der Waals surface area contributed by atoms with E-state index in [9.17, 15) is 9.90 Å². The van der Waals surface area contributed by atoms with Crippen molar-refractivity contribution in [3.63, 3.8) is 0 Å². The van der Waals surface area contributed by atoms with Crippen molar-refractivity contribution in [1.82, 2.24) is 9.55 Å². The maximum Gasteiger partial charge on any atom is 0.329 e. The number of hydrogen-bond acceptors (Lipinski definition) is 2. The first-order chi connectivity index (χ1) is 6.67. The predicted octanol–water partition coefficient (Wildman–Crippen LogP) is 1.55. The summed E-state index contributed by atoms with van der Waals surface area (Å²) < 4.78 is 1.81. The molecule has 0 spiro atoms. The molecular formula is C10H14N2O2. The summed E-state index contributed by atoms with van der Waals surface area (Å²) in [5.74, 6) is 0.0606. The Labute approximate surface area is 82.6 Å². The molecule has 0 saturated heterocycles. The van der Waals surface area contributed by atoms with E-state index < -0.39 is 11.5 Å². The van der Waals surface area contributed by atoms with Crippen molar-refractivity contribution in [2.24, 2.45) is 0 Å². The van der Waals surface area contributed by atoms with Crippen LogP contribution in [0, 0.1) is 6.92 Å². The first-order valence-electron chi connectivity index (χ1n) is 4.91. The van der Waals surface area contributed by atoms with Crippen molar-refractivity contribution in [3.8, 4) is 0 Å². The number of aliphatic carboxylic acids is 1. The Morgan fingerprint density at radius 1 is 1.57 bits per heavy atom. The standard InChI is InChI=1S/C10H14N2O2/c1-8-11-6-7-12(8)10(9(13)14)4-2-3-5-10/h6-7H,2-5H2,1H3,(H,13,14). The molecule has 4 heteroatoms. The maximum atomic E-state index is 11.3. The number of hydrogen-bond donors (Lipinski definition) is 1. The Hall–Kier alpha value is -1.32. The van der Waals surface area contributed by atoms with E-state index in [1.165, 1.54) is 0 Å². The summed E-state index contributed by atoms with van der Waals surface area (Å²) in [4.78, 5) is 15.4. The molecule has 1 N–H and O–H groups in total. The van der Waals surface area contributed by atoms with Gasteiger partial charge in [-0.1, -0.05) is 12.8 Å². The van der Waals surface area contributed by atoms with Crippen LogP contribution in [0.2, 0.25) is 0 Å². The molecule has 1 aliphatic rings. The van der Waals surface area contributed by atoms with Gasteiger partial charge in [0.2, 0.25) is 0 Å². The van der Waals surface area contributed by atoms with Gasteiger partial charge in [0.05, 0.1) is 0 Å². The van der Waals surface area contributed by atoms with Gasteiger partial charge >= 0.3 is 5.97 Å². The molecule has 0 unspecified atom stereocenters. The zero-order valence-electron chi connectivity index (χ0n) is 8.23. The highest BCUT2D eigenvalue weighted by Crippen LogP contribution is 2.37. The quantitative estimate of drug-likeness (QED) is 0.777. The second-order valence-corrected chi connectivity index (χ2v) is 3.89. The van der Waals surface area contributed by atoms with Crippen LogP contribution in [0.3, 0.4) is 0 Å². The van der Waals surface area contributed by atoms with Crippen LogP contribution in [-0.4, -0.2) is 20.6 Å². The van der Waals surface area contributed by atoms with Gasteiger partial charge in [-0.15, -0.1) is 0 Å². The molecule has 0 atom stereocenters. The summed E-state index contributed by atoms with van der Waals surface area (Å²) in [6.45, 7) is 1.85. The second kappa shape index (κ2) is 3.12. The Morgan fingerprint density at radius 3 is 2.64 bits per heavy atom. The number of nitrogens with zero attached hydrogens (tertiary/aromatic N) is 2. The van der Waals surface area contributed by atoms with Crippen molar-refractivity contribution in [3.05, 3.63) is 18.2 Å². The van der Waals surface area contributed by atoms with Gasteiger partial charge in [-0.25, -0.2) is 9.78 Å². The Bertz CT molecular complexity index is 351. The third-order valence-corrected chi connectivity index (χ3v) is 3.12. The fourth-order valence-corrected chi connectivity index (χ4v) is 2.35. The molecule has 1 aromatic heterocycles. The minimum absolute atomic E-state index is 0.722. The molecule has 1 saturated carbocycles. The minimum Gasteiger partial charge on any atom is -0.479 e. The van der Waals surface area contributed by atoms with Gasteiger partial charge in [-0.05, 0) is 19.8 Å². The molecule has 1 heterocycles. The van der Waals surface area contributed by atoms with Crippen LogP contribution in [0.4, 0.5) is 0 Å². The molecule has 2 rings (SSSR count). The van der Waals surface area contributed by atoms with Gasteiger partial charge in [-0.2, -0.15) is 0 Å². The van der Waals surface area contributed by atoms with Crippen LogP contribution in [0.15, 0.2) is 12.4 Å². The lowest BCUT2D eigenvalue weighted by Crippen LogP contribution is -2.39. The van der Waals surface area contributed by atoms with Crippen LogP contribution in [0.25, 0.3) is 0 Å². The minimum atomic E-state index is -0.726. The third kappa shape index (κ3) is 1.14. The fourth-order valence-electron chi connectivity index (χ4n) is 2.35. The molecule has 0 aliphatic heterocycles. The molecule has 76 valence electrons. The molecular weight excluding hydrogens is 180 g/mol. The van der Waals surface area contributed by atoms with Crippen LogP contribution in [-0.2, 0) is 10.3 Å². The molecule has 1 fully saturated rings. The number of aryl methyl sites for hydroxylation is 1. The number of carboxylic acids is 1. The largest absolute Gasteiger partial charge is 0.479 e. The van der Waals surface area contributed by atoms with Gasteiger partial charge in [0.15, 0.2) is 0 Å². The Kier molecular flexibility index (Phi) is 2.06. The molecule has 4 nitrogen and oxygen atoms in total. The zero-order chi connectivity index (χ0) is 10.2. The van der Waals surface area contributed by atoms with E-state index in [0.717, 1.165) is 31.5 Å². The maximum absolute atomic E-state index is 11.3. The molecule has 0 bridgehead atoms. The third-order valence-electron chi connectivity index (χ3n) is 3.12. The van der Waals surface area contributed by atoms with E-state index in [2.05, 4.69) is 4.98 Å². The summed E-state index contributed by atoms with van der Waals surface area (Å²) in [7, 11) is 0. The average Bonchev–Trinajstić information content (AvgIpc) is 2.72. The highest BCUT2D eigenvalue weighted by Gasteiger charge is 2.43. The van der Waals surface area contributed by atoms with E-state index in [-0.39, 0.29) is 0 Å². The van der Waals surface area contributed by atoms with Crippen molar-refractivity contribution in [2.75, 3.05) is 0 Å². The highest BCUT2D eigenvalue weighted by molar-refractivity contribution is 5.77. The van der Waals surface area contributed by atoms with Crippen molar-refractivity contribution >= 4 is 5.97 Å². The van der Waals surface area contributed by atoms with Crippen LogP contribution in [0.1, 0.15) is 31.5 Å². The van der Waals surface area contributed by atoms with E-state index in [1.807, 2.05) is 11.5 Å². The normalized spacial score (nSPS) is 19.8. The van der Waals surface area contributed by atoms with Gasteiger partial charge in [0.1, 0.15) is 11.4 Å². The number of carboxylic acid groups (broad SMARTS) is 1. The number of rotatable bonds is 2. The second-order valence-electron chi connectivity index (χ2n) is 3.89. The molecule has 14 heavy (non-hydrogen) atoms. The lowest BCUT2D eigenvalue weighted by atomic mass is 9.97. The van der Waals surface area contributed by atoms with Gasteiger partial charge in [0.25, 0.3) is 0 Å². The topological polar surface area (TPSA) is 55.1 Å². The van der Waals surface area contributed by atoms with Crippen LogP contribution >= 0.6 is 0 Å². The van der Waals surface area contributed by atoms with E-state index in [1.54, 1.807) is 12.4 Å². The Morgan fingerprint density at radius 2 is 2.21 bits per heavy atom. The molecule has 0 aromatic carbocycles. The first-order valence-corrected chi connectivity index (χ1v) is 4.91. The van der Waals surface area contributed by atoms with E-state index >= 15 is 0 Å². The van der Waals surface area contributed by atoms with E-state index in [0.29, 0.717) is 0 Å². The van der Waals surface area contributed by atoms with Crippen molar-refractivity contribution in [1.29, 1.82) is 0 Å². The SMILES string of the molecule is Cc1nccn1C1(C(=O)O)CCCC1. The van der Waals surface area contributed by atoms with Crippen molar-refractivity contribution < 1.29 is 9.90 Å². The summed E-state index contributed by atoms with van der Waals surface area (Å²) in [6, 6.07) is 0. The first kappa shape index (κ1) is 9.24. The van der Waals surface area contributed by atoms with E-state index in [4.69, 9.17) is 0 Å². The lowest BCUT2D eigenvalue weighted by molar-refractivity contribution is -0.147. The summed E-state index contributed by atoms with van der Waals surface area (Å²) >= 11 is 0. The highest BCUT2D eigenvalue weighted by atomic mass is 16.4. The molecule has 1 aromatic rings. The molecule has 0 amide bonds. The summed E-state index contributed by atoms with van der Waals surface area (Å²) in [5.41, 5.74) is -0.722. The molecule has 1 aliphatic carbocycles. The van der Waals surface area contributed by atoms with Crippen LogP contribution < -0.4 is 0 Å². The van der Waals surface area contributed by atoms with Crippen LogP contribution in [0.5, 0.6) is 0 Å². The monoisotopic (exact) mass is 194 g/mol. The van der Waals surface area contributed by atoms with Gasteiger partial charge in [0, 0.05) is 12.4 Å². The zero-order valence-corrected chi connectivity index (χ0v) is 8.23. The predicted molar refractivity (Wildman–Crippen MR) is 51.0 cm³/mol. The molecule has 0 radical (unpaired) electrons. The summed E-state index contributed by atoms with van der Waals surface area (Å²) in [6.07, 6.45) is 6.86. The number of aromatic nitrogens is 2. The smallest absolute Gasteiger partial charge is 0.329 e. The average molecular weight is 194 g/mol. The van der Waals surface area contributed by atoms with Gasteiger partial charge < -0.3 is 9.67 Å². The Balaban J connectivity index is 2.46. The lowest BCUT2D eigenvalue weighted by Gasteiger charge is -2.26. The number of carbonyl (C=O) groups is 1. The van der Waals surface area contributed by atoms with Crippen molar-refractivity contribution in [2.45, 2.75) is 38.1 Å². The number of imidazole rings is 1. The fraction of sp³-hybridized carbons (Fsp3) is 0.600. The van der Waals surface area contributed by atoms with Gasteiger partial charge in [-0.3, -0.25) is 0 Å².